The van der Waals surface area contributed by atoms with Gasteiger partial charge in [-0.05, 0) is 67.8 Å². The highest BCUT2D eigenvalue weighted by Crippen LogP contribution is 2.40. The second-order valence-electron chi connectivity index (χ2n) is 7.67. The lowest BCUT2D eigenvalue weighted by atomic mass is 9.86. The predicted molar refractivity (Wildman–Crippen MR) is 112 cm³/mol. The lowest BCUT2D eigenvalue weighted by Crippen LogP contribution is -2.54. The zero-order valence-electron chi connectivity index (χ0n) is 17.1. The van der Waals surface area contributed by atoms with Crippen molar-refractivity contribution in [3.8, 4) is 11.5 Å². The number of carbonyl (C=O) groups is 2. The summed E-state index contributed by atoms with van der Waals surface area (Å²) >= 11 is 0. The molecule has 1 aliphatic heterocycles. The van der Waals surface area contributed by atoms with Gasteiger partial charge in [0.15, 0.2) is 0 Å². The van der Waals surface area contributed by atoms with Crippen molar-refractivity contribution in [3.63, 3.8) is 0 Å². The Morgan fingerprint density at radius 3 is 2.39 bits per heavy atom. The van der Waals surface area contributed by atoms with E-state index in [1.165, 1.54) is 24.3 Å². The number of carbonyl (C=O) groups excluding carboxylic acids is 2. The second-order valence-corrected chi connectivity index (χ2v) is 7.67. The number of aromatic amines is 1. The molecule has 0 radical (unpaired) electrons. The number of nitrogens with zero attached hydrogens (tertiary/aromatic N) is 2. The molecule has 2 heterocycles. The number of hydrogen-bond donors (Lipinski definition) is 2. The van der Waals surface area contributed by atoms with Crippen LogP contribution in [0.5, 0.6) is 11.5 Å². The number of benzene rings is 2. The fraction of sp³-hybridized carbons (Fsp3) is 0.261. The van der Waals surface area contributed by atoms with Gasteiger partial charge in [0.1, 0.15) is 22.9 Å². The molecular formula is C23H23FN4O3. The van der Waals surface area contributed by atoms with Crippen LogP contribution in [0.3, 0.4) is 0 Å². The average Bonchev–Trinajstić information content (AvgIpc) is 3.37. The smallest absolute Gasteiger partial charge is 0.248 e. The van der Waals surface area contributed by atoms with Crippen LogP contribution < -0.4 is 10.5 Å². The molecule has 7 nitrogen and oxygen atoms in total. The number of hydrogen-bond acceptors (Lipinski definition) is 4. The Morgan fingerprint density at radius 2 is 1.81 bits per heavy atom. The summed E-state index contributed by atoms with van der Waals surface area (Å²) in [6, 6.07) is 14.4. The van der Waals surface area contributed by atoms with Crippen molar-refractivity contribution >= 4 is 11.8 Å². The maximum Gasteiger partial charge on any atom is 0.248 e. The van der Waals surface area contributed by atoms with Crippen molar-refractivity contribution in [1.82, 2.24) is 15.1 Å². The van der Waals surface area contributed by atoms with E-state index < -0.39 is 11.4 Å². The summed E-state index contributed by atoms with van der Waals surface area (Å²) in [7, 11) is 0. The van der Waals surface area contributed by atoms with Gasteiger partial charge in [-0.25, -0.2) is 4.39 Å². The fourth-order valence-electron chi connectivity index (χ4n) is 4.11. The number of rotatable bonds is 6. The van der Waals surface area contributed by atoms with Crippen LogP contribution in [0, 0.1) is 12.7 Å². The molecule has 1 saturated heterocycles. The molecule has 31 heavy (non-hydrogen) atoms. The van der Waals surface area contributed by atoms with Gasteiger partial charge in [-0.3, -0.25) is 14.7 Å². The molecule has 3 aromatic rings. The summed E-state index contributed by atoms with van der Waals surface area (Å²) in [5.41, 5.74) is 6.75. The van der Waals surface area contributed by atoms with Crippen molar-refractivity contribution in [3.05, 3.63) is 77.4 Å². The monoisotopic (exact) mass is 422 g/mol. The summed E-state index contributed by atoms with van der Waals surface area (Å²) in [6.45, 7) is 2.30. The predicted octanol–water partition coefficient (Wildman–Crippen LogP) is 3.20. The van der Waals surface area contributed by atoms with E-state index in [0.29, 0.717) is 42.1 Å². The SMILES string of the molecule is Cc1cc(CC(=O)N2CCCC2(C(N)=O)c2ccc(Oc3ccc(F)cc3)cc2)n[nH]1. The molecule has 1 aliphatic rings. The van der Waals surface area contributed by atoms with E-state index in [9.17, 15) is 14.0 Å². The van der Waals surface area contributed by atoms with Crippen molar-refractivity contribution in [1.29, 1.82) is 0 Å². The van der Waals surface area contributed by atoms with E-state index in [4.69, 9.17) is 10.5 Å². The molecule has 1 unspecified atom stereocenters. The molecule has 1 fully saturated rings. The maximum atomic E-state index is 13.1. The van der Waals surface area contributed by atoms with Crippen LogP contribution in [0.25, 0.3) is 0 Å². The number of ether oxygens (including phenoxy) is 1. The van der Waals surface area contributed by atoms with Gasteiger partial charge in [-0.1, -0.05) is 12.1 Å². The molecule has 8 heteroatoms. The van der Waals surface area contributed by atoms with E-state index >= 15 is 0 Å². The Hall–Kier alpha value is -3.68. The van der Waals surface area contributed by atoms with Crippen LogP contribution in [0.4, 0.5) is 4.39 Å². The largest absolute Gasteiger partial charge is 0.457 e. The average molecular weight is 422 g/mol. The molecule has 0 aliphatic carbocycles. The van der Waals surface area contributed by atoms with Gasteiger partial charge in [-0.2, -0.15) is 5.10 Å². The van der Waals surface area contributed by atoms with Crippen LogP contribution in [0.1, 0.15) is 29.8 Å². The van der Waals surface area contributed by atoms with Crippen LogP contribution >= 0.6 is 0 Å². The standard InChI is InChI=1S/C23H23FN4O3/c1-15-13-18(27-26-15)14-21(29)28-12-2-11-23(28,22(25)30)16-3-7-19(8-4-16)31-20-9-5-17(24)6-10-20/h3-10,13H,2,11-12,14H2,1H3,(H2,25,30)(H,26,27). The zero-order chi connectivity index (χ0) is 22.0. The number of amides is 2. The number of primary amides is 1. The van der Waals surface area contributed by atoms with Gasteiger partial charge in [0.05, 0.1) is 12.1 Å². The third kappa shape index (κ3) is 4.01. The molecule has 0 saturated carbocycles. The molecular weight excluding hydrogens is 399 g/mol. The van der Waals surface area contributed by atoms with E-state index in [1.807, 2.05) is 13.0 Å². The number of aromatic nitrogens is 2. The minimum Gasteiger partial charge on any atom is -0.457 e. The second kappa shape index (κ2) is 8.22. The Morgan fingerprint density at radius 1 is 1.16 bits per heavy atom. The van der Waals surface area contributed by atoms with Crippen LogP contribution in [-0.4, -0.2) is 33.5 Å². The van der Waals surface area contributed by atoms with E-state index in [1.54, 1.807) is 29.2 Å². The molecule has 2 amide bonds. The minimum atomic E-state index is -1.21. The molecule has 0 spiro atoms. The first-order chi connectivity index (χ1) is 14.9. The first-order valence-electron chi connectivity index (χ1n) is 10.0. The Labute approximate surface area is 179 Å². The highest BCUT2D eigenvalue weighted by atomic mass is 19.1. The van der Waals surface area contributed by atoms with Crippen molar-refractivity contribution in [2.45, 2.75) is 31.7 Å². The van der Waals surface area contributed by atoms with Gasteiger partial charge >= 0.3 is 0 Å². The van der Waals surface area contributed by atoms with Gasteiger partial charge in [0, 0.05) is 12.2 Å². The number of nitrogens with one attached hydrogen (secondary N) is 1. The molecule has 0 bridgehead atoms. The molecule has 3 N–H and O–H groups in total. The number of H-pyrrole nitrogens is 1. The zero-order valence-corrected chi connectivity index (χ0v) is 17.1. The first kappa shape index (κ1) is 20.6. The highest BCUT2D eigenvalue weighted by Gasteiger charge is 2.49. The number of halogens is 1. The number of nitrogens with two attached hydrogens (primary N) is 1. The Bertz CT molecular complexity index is 1090. The van der Waals surface area contributed by atoms with Gasteiger partial charge in [-0.15, -0.1) is 0 Å². The molecule has 160 valence electrons. The maximum absolute atomic E-state index is 13.1. The number of likely N-dealkylation sites (tertiary alicyclic amines) is 1. The minimum absolute atomic E-state index is 0.0884. The summed E-state index contributed by atoms with van der Waals surface area (Å²) in [5, 5.41) is 6.94. The van der Waals surface area contributed by atoms with E-state index in [0.717, 1.165) is 5.69 Å². The topological polar surface area (TPSA) is 101 Å². The lowest BCUT2D eigenvalue weighted by molar-refractivity contribution is -0.143. The molecule has 1 atom stereocenters. The van der Waals surface area contributed by atoms with Crippen LogP contribution in [0.15, 0.2) is 54.6 Å². The highest BCUT2D eigenvalue weighted by molar-refractivity contribution is 5.92. The molecule has 1 aromatic heterocycles. The Balaban J connectivity index is 1.58. The third-order valence-corrected chi connectivity index (χ3v) is 5.56. The van der Waals surface area contributed by atoms with E-state index in [-0.39, 0.29) is 18.1 Å². The Kier molecular flexibility index (Phi) is 5.46. The third-order valence-electron chi connectivity index (χ3n) is 5.56. The molecule has 4 rings (SSSR count). The van der Waals surface area contributed by atoms with Crippen molar-refractivity contribution < 1.29 is 18.7 Å². The summed E-state index contributed by atoms with van der Waals surface area (Å²) < 4.78 is 18.8. The summed E-state index contributed by atoms with van der Waals surface area (Å²) in [4.78, 5) is 27.3. The van der Waals surface area contributed by atoms with Gasteiger partial charge < -0.3 is 15.4 Å². The van der Waals surface area contributed by atoms with Crippen LogP contribution in [-0.2, 0) is 21.5 Å². The first-order valence-corrected chi connectivity index (χ1v) is 10.0. The fourth-order valence-corrected chi connectivity index (χ4v) is 4.11. The quantitative estimate of drug-likeness (QED) is 0.637. The summed E-state index contributed by atoms with van der Waals surface area (Å²) in [6.07, 6.45) is 1.21. The van der Waals surface area contributed by atoms with Crippen molar-refractivity contribution in [2.75, 3.05) is 6.54 Å². The van der Waals surface area contributed by atoms with Crippen molar-refractivity contribution in [2.24, 2.45) is 5.73 Å². The summed E-state index contributed by atoms with van der Waals surface area (Å²) in [5.74, 6) is -0.0936. The molecule has 2 aromatic carbocycles. The van der Waals surface area contributed by atoms with Gasteiger partial charge in [0.25, 0.3) is 0 Å². The van der Waals surface area contributed by atoms with Gasteiger partial charge in [0.2, 0.25) is 11.8 Å². The normalized spacial score (nSPS) is 18.2. The van der Waals surface area contributed by atoms with Crippen LogP contribution in [0.2, 0.25) is 0 Å². The van der Waals surface area contributed by atoms with E-state index in [2.05, 4.69) is 10.2 Å². The number of aryl methyl sites for hydroxylation is 1. The lowest BCUT2D eigenvalue weighted by Gasteiger charge is -2.36.